The Bertz CT molecular complexity index is 1020. The number of methoxy groups -OCH3 is 1. The lowest BCUT2D eigenvalue weighted by molar-refractivity contribution is -0.156. The number of hydrogen-bond donors (Lipinski definition) is 1. The molecule has 1 saturated heterocycles. The monoisotopic (exact) mass is 446 g/mol. The number of aldehydes is 1. The van der Waals surface area contributed by atoms with Crippen LogP contribution < -0.4 is 10.1 Å². The minimum Gasteiger partial charge on any atom is -0.490 e. The number of benzene rings is 2. The molecule has 0 radical (unpaired) electrons. The van der Waals surface area contributed by atoms with Crippen LogP contribution in [0.3, 0.4) is 0 Å². The quantitative estimate of drug-likeness (QED) is 0.564. The summed E-state index contributed by atoms with van der Waals surface area (Å²) in [4.78, 5) is 13.0. The molecule has 2 heterocycles. The molecule has 0 atom stereocenters. The third-order valence-corrected chi connectivity index (χ3v) is 5.05. The fourth-order valence-corrected chi connectivity index (χ4v) is 3.57. The number of pyridine rings is 1. The van der Waals surface area contributed by atoms with Crippen molar-refractivity contribution in [3.05, 3.63) is 60.4 Å². The minimum absolute atomic E-state index is 0.266. The molecule has 1 fully saturated rings. The van der Waals surface area contributed by atoms with E-state index in [1.807, 2.05) is 12.4 Å². The van der Waals surface area contributed by atoms with E-state index in [0.29, 0.717) is 6.61 Å². The highest BCUT2D eigenvalue weighted by Crippen LogP contribution is 2.38. The van der Waals surface area contributed by atoms with Crippen LogP contribution in [-0.4, -0.2) is 43.7 Å². The van der Waals surface area contributed by atoms with E-state index in [-0.39, 0.29) is 6.10 Å². The summed E-state index contributed by atoms with van der Waals surface area (Å²) >= 11 is 0. The second kappa shape index (κ2) is 11.1. The van der Waals surface area contributed by atoms with Crippen LogP contribution in [0, 0.1) is 0 Å². The number of hydrogen-bond acceptors (Lipinski definition) is 5. The molecular weight excluding hydrogens is 421 g/mol. The number of rotatable bonds is 5. The van der Waals surface area contributed by atoms with Gasteiger partial charge in [-0.15, -0.1) is 0 Å². The summed E-state index contributed by atoms with van der Waals surface area (Å²) < 4.78 is 42.9. The van der Waals surface area contributed by atoms with Gasteiger partial charge in [0.25, 0.3) is 0 Å². The van der Waals surface area contributed by atoms with Gasteiger partial charge in [0.15, 0.2) is 0 Å². The summed E-state index contributed by atoms with van der Waals surface area (Å²) in [6.07, 6.45) is 0.405. The number of nitrogens with zero attached hydrogens (tertiary/aromatic N) is 1. The highest BCUT2D eigenvalue weighted by molar-refractivity contribution is 5.99. The zero-order chi connectivity index (χ0) is 23.0. The standard InChI is InChI=1S/C22H24N2O2.C2HF3O/c1-25-15-16-2-4-17(5-3-16)22-20-10-13-24-14-18(20)6-7-21(22)26-19-8-11-23-12-9-19;3-2(4,5)1-6/h2-7,10,13-14,19,23H,8-9,11-12,15H2,1H3;1H. The molecule has 0 unspecified atom stereocenters. The molecule has 2 aromatic carbocycles. The molecule has 1 N–H and O–H groups in total. The number of aromatic nitrogens is 1. The third kappa shape index (κ3) is 6.51. The topological polar surface area (TPSA) is 60.5 Å². The smallest absolute Gasteiger partial charge is 0.446 e. The molecule has 32 heavy (non-hydrogen) atoms. The van der Waals surface area contributed by atoms with Crippen molar-refractivity contribution in [1.29, 1.82) is 0 Å². The second-order valence-corrected chi connectivity index (χ2v) is 7.39. The van der Waals surface area contributed by atoms with Gasteiger partial charge in [0.2, 0.25) is 6.29 Å². The highest BCUT2D eigenvalue weighted by atomic mass is 19.4. The summed E-state index contributed by atoms with van der Waals surface area (Å²) in [5.41, 5.74) is 3.47. The Morgan fingerprint density at radius 1 is 1.09 bits per heavy atom. The van der Waals surface area contributed by atoms with Gasteiger partial charge in [0.05, 0.1) is 6.61 Å². The maximum atomic E-state index is 10.4. The molecule has 0 bridgehead atoms. The van der Waals surface area contributed by atoms with Gasteiger partial charge < -0.3 is 14.8 Å². The lowest BCUT2D eigenvalue weighted by atomic mass is 9.97. The molecule has 0 spiro atoms. The average molecular weight is 446 g/mol. The van der Waals surface area contributed by atoms with Crippen LogP contribution in [0.5, 0.6) is 5.75 Å². The van der Waals surface area contributed by atoms with E-state index in [1.54, 1.807) is 7.11 Å². The van der Waals surface area contributed by atoms with E-state index in [1.165, 1.54) is 10.9 Å². The van der Waals surface area contributed by atoms with Gasteiger partial charge in [-0.25, -0.2) is 0 Å². The first-order chi connectivity index (χ1) is 15.4. The van der Waals surface area contributed by atoms with Crippen molar-refractivity contribution in [2.24, 2.45) is 0 Å². The number of nitrogens with one attached hydrogen (secondary N) is 1. The fourth-order valence-electron chi connectivity index (χ4n) is 3.57. The SMILES string of the molecule is COCc1ccc(-c2c(OC3CCNCC3)ccc3cnccc23)cc1.O=CC(F)(F)F. The van der Waals surface area contributed by atoms with Crippen LogP contribution in [0.1, 0.15) is 18.4 Å². The molecule has 8 heteroatoms. The van der Waals surface area contributed by atoms with Crippen molar-refractivity contribution >= 4 is 17.1 Å². The molecule has 5 nitrogen and oxygen atoms in total. The molecule has 1 aromatic heterocycles. The van der Waals surface area contributed by atoms with Crippen molar-refractivity contribution in [2.45, 2.75) is 31.7 Å². The minimum atomic E-state index is -4.64. The Morgan fingerprint density at radius 2 is 1.78 bits per heavy atom. The predicted octanol–water partition coefficient (Wildman–Crippen LogP) is 4.93. The highest BCUT2D eigenvalue weighted by Gasteiger charge is 2.25. The maximum absolute atomic E-state index is 10.4. The molecular formula is C24H25F3N2O3. The van der Waals surface area contributed by atoms with Gasteiger partial charge in [0, 0.05) is 30.5 Å². The van der Waals surface area contributed by atoms with Gasteiger partial charge in [-0.2, -0.15) is 13.2 Å². The fraction of sp³-hybridized carbons (Fsp3) is 0.333. The molecule has 4 rings (SSSR count). The molecule has 0 aliphatic carbocycles. The van der Waals surface area contributed by atoms with Crippen LogP contribution in [0.2, 0.25) is 0 Å². The summed E-state index contributed by atoms with van der Waals surface area (Å²) in [5, 5.41) is 5.69. The van der Waals surface area contributed by atoms with E-state index in [2.05, 4.69) is 52.8 Å². The summed E-state index contributed by atoms with van der Waals surface area (Å²) in [6, 6.07) is 14.8. The van der Waals surface area contributed by atoms with Crippen molar-refractivity contribution in [3.8, 4) is 16.9 Å². The Morgan fingerprint density at radius 3 is 2.41 bits per heavy atom. The zero-order valence-corrected chi connectivity index (χ0v) is 17.7. The Balaban J connectivity index is 0.000000427. The Labute approximate surface area is 184 Å². The molecule has 1 aliphatic heterocycles. The van der Waals surface area contributed by atoms with E-state index in [9.17, 15) is 13.2 Å². The van der Waals surface area contributed by atoms with Crippen LogP contribution in [-0.2, 0) is 16.1 Å². The van der Waals surface area contributed by atoms with E-state index in [4.69, 9.17) is 14.3 Å². The normalized spacial score (nSPS) is 14.5. The van der Waals surface area contributed by atoms with Crippen molar-refractivity contribution < 1.29 is 27.4 Å². The van der Waals surface area contributed by atoms with Crippen molar-refractivity contribution in [2.75, 3.05) is 20.2 Å². The Hall–Kier alpha value is -2.97. The third-order valence-electron chi connectivity index (χ3n) is 5.05. The lowest BCUT2D eigenvalue weighted by Crippen LogP contribution is -2.34. The van der Waals surface area contributed by atoms with Gasteiger partial charge in [-0.1, -0.05) is 24.3 Å². The maximum Gasteiger partial charge on any atom is 0.446 e. The van der Waals surface area contributed by atoms with Gasteiger partial charge in [-0.05, 0) is 60.6 Å². The summed E-state index contributed by atoms with van der Waals surface area (Å²) in [7, 11) is 1.72. The number of carbonyl (C=O) groups is 1. The summed E-state index contributed by atoms with van der Waals surface area (Å²) in [6.45, 7) is 2.66. The first-order valence-electron chi connectivity index (χ1n) is 10.3. The second-order valence-electron chi connectivity index (χ2n) is 7.39. The molecule has 1 aliphatic rings. The number of halogens is 3. The predicted molar refractivity (Wildman–Crippen MR) is 117 cm³/mol. The molecule has 0 amide bonds. The van der Waals surface area contributed by atoms with Gasteiger partial charge in [-0.3, -0.25) is 9.78 Å². The first-order valence-corrected chi connectivity index (χ1v) is 10.3. The van der Waals surface area contributed by atoms with E-state index < -0.39 is 12.5 Å². The van der Waals surface area contributed by atoms with E-state index >= 15 is 0 Å². The average Bonchev–Trinajstić information content (AvgIpc) is 2.80. The lowest BCUT2D eigenvalue weighted by Gasteiger charge is -2.25. The summed E-state index contributed by atoms with van der Waals surface area (Å²) in [5.74, 6) is 0.954. The van der Waals surface area contributed by atoms with Crippen molar-refractivity contribution in [1.82, 2.24) is 10.3 Å². The van der Waals surface area contributed by atoms with Crippen molar-refractivity contribution in [3.63, 3.8) is 0 Å². The number of alkyl halides is 3. The number of fused-ring (bicyclic) bond motifs is 1. The molecule has 3 aromatic rings. The van der Waals surface area contributed by atoms with Gasteiger partial charge in [0.1, 0.15) is 11.9 Å². The number of piperidine rings is 1. The van der Waals surface area contributed by atoms with E-state index in [0.717, 1.165) is 48.2 Å². The van der Waals surface area contributed by atoms with Crippen LogP contribution in [0.4, 0.5) is 13.2 Å². The number of carbonyl (C=O) groups excluding carboxylic acids is 1. The number of ether oxygens (including phenoxy) is 2. The van der Waals surface area contributed by atoms with Gasteiger partial charge >= 0.3 is 6.18 Å². The Kier molecular flexibility index (Phi) is 8.19. The van der Waals surface area contributed by atoms with Crippen LogP contribution in [0.25, 0.3) is 21.9 Å². The molecule has 0 saturated carbocycles. The van der Waals surface area contributed by atoms with Crippen LogP contribution in [0.15, 0.2) is 54.9 Å². The zero-order valence-electron chi connectivity index (χ0n) is 17.7. The molecule has 170 valence electrons. The van der Waals surface area contributed by atoms with Crippen LogP contribution >= 0.6 is 0 Å². The largest absolute Gasteiger partial charge is 0.490 e. The first kappa shape index (κ1) is 23.7.